The van der Waals surface area contributed by atoms with E-state index in [-0.39, 0.29) is 11.3 Å². The standard InChI is InChI=1S/C20H14F3N3/c1-13-7-9-15(10-8-13)16-11-18(20(21,22)23)26-19(24-16)12-17(25-26)14-5-3-2-4-6-14/h2-12H,1H3. The zero-order chi connectivity index (χ0) is 18.3. The van der Waals surface area contributed by atoms with Crippen LogP contribution in [0.3, 0.4) is 0 Å². The Labute approximate surface area is 147 Å². The third kappa shape index (κ3) is 2.94. The first-order valence-electron chi connectivity index (χ1n) is 8.02. The minimum Gasteiger partial charge on any atom is -0.228 e. The van der Waals surface area contributed by atoms with Gasteiger partial charge >= 0.3 is 6.18 Å². The number of hydrogen-bond donors (Lipinski definition) is 0. The number of alkyl halides is 3. The molecule has 0 saturated carbocycles. The second kappa shape index (κ2) is 5.98. The summed E-state index contributed by atoms with van der Waals surface area (Å²) in [5.74, 6) is 0. The Balaban J connectivity index is 1.95. The quantitative estimate of drug-likeness (QED) is 0.484. The minimum atomic E-state index is -4.54. The van der Waals surface area contributed by atoms with Gasteiger partial charge in [0.25, 0.3) is 0 Å². The van der Waals surface area contributed by atoms with Crippen molar-refractivity contribution in [2.75, 3.05) is 0 Å². The van der Waals surface area contributed by atoms with Gasteiger partial charge < -0.3 is 0 Å². The molecule has 0 unspecified atom stereocenters. The van der Waals surface area contributed by atoms with Gasteiger partial charge in [-0.25, -0.2) is 9.50 Å². The van der Waals surface area contributed by atoms with Crippen molar-refractivity contribution in [3.05, 3.63) is 78.0 Å². The van der Waals surface area contributed by atoms with E-state index in [1.807, 2.05) is 37.3 Å². The van der Waals surface area contributed by atoms with Gasteiger partial charge in [-0.3, -0.25) is 0 Å². The summed E-state index contributed by atoms with van der Waals surface area (Å²) in [5.41, 5.74) is 2.43. The predicted molar refractivity (Wildman–Crippen MR) is 93.6 cm³/mol. The van der Waals surface area contributed by atoms with Crippen LogP contribution in [0.2, 0.25) is 0 Å². The molecule has 0 saturated heterocycles. The maximum atomic E-state index is 13.6. The highest BCUT2D eigenvalue weighted by molar-refractivity contribution is 5.68. The van der Waals surface area contributed by atoms with Crippen molar-refractivity contribution in [2.24, 2.45) is 0 Å². The molecule has 0 aliphatic heterocycles. The van der Waals surface area contributed by atoms with Crippen molar-refractivity contribution >= 4 is 5.65 Å². The molecule has 3 nitrogen and oxygen atoms in total. The molecular weight excluding hydrogens is 339 g/mol. The zero-order valence-corrected chi connectivity index (χ0v) is 13.8. The molecule has 2 aromatic heterocycles. The largest absolute Gasteiger partial charge is 0.433 e. The summed E-state index contributed by atoms with van der Waals surface area (Å²) in [6.45, 7) is 1.92. The zero-order valence-electron chi connectivity index (χ0n) is 13.8. The van der Waals surface area contributed by atoms with E-state index in [2.05, 4.69) is 10.1 Å². The maximum absolute atomic E-state index is 13.6. The van der Waals surface area contributed by atoms with Crippen LogP contribution in [0.4, 0.5) is 13.2 Å². The van der Waals surface area contributed by atoms with E-state index >= 15 is 0 Å². The van der Waals surface area contributed by atoms with E-state index in [9.17, 15) is 13.2 Å². The number of aromatic nitrogens is 3. The molecule has 0 N–H and O–H groups in total. The summed E-state index contributed by atoms with van der Waals surface area (Å²) in [6.07, 6.45) is -4.54. The molecule has 0 atom stereocenters. The highest BCUT2D eigenvalue weighted by Crippen LogP contribution is 2.33. The molecule has 130 valence electrons. The van der Waals surface area contributed by atoms with Crippen molar-refractivity contribution < 1.29 is 13.2 Å². The molecule has 2 heterocycles. The molecular formula is C20H14F3N3. The third-order valence-electron chi connectivity index (χ3n) is 4.13. The number of hydrogen-bond acceptors (Lipinski definition) is 2. The molecule has 0 amide bonds. The lowest BCUT2D eigenvalue weighted by atomic mass is 10.1. The van der Waals surface area contributed by atoms with Crippen molar-refractivity contribution in [3.8, 4) is 22.5 Å². The van der Waals surface area contributed by atoms with Gasteiger partial charge in [-0.2, -0.15) is 18.3 Å². The van der Waals surface area contributed by atoms with Gasteiger partial charge in [-0.15, -0.1) is 0 Å². The summed E-state index contributed by atoms with van der Waals surface area (Å²) in [4.78, 5) is 4.40. The van der Waals surface area contributed by atoms with Crippen LogP contribution in [-0.2, 0) is 6.18 Å². The number of rotatable bonds is 2. The smallest absolute Gasteiger partial charge is 0.228 e. The first-order chi connectivity index (χ1) is 12.4. The van der Waals surface area contributed by atoms with Crippen molar-refractivity contribution in [3.63, 3.8) is 0 Å². The van der Waals surface area contributed by atoms with Gasteiger partial charge in [0, 0.05) is 17.2 Å². The van der Waals surface area contributed by atoms with Crippen LogP contribution < -0.4 is 0 Å². The van der Waals surface area contributed by atoms with Crippen LogP contribution in [0.25, 0.3) is 28.2 Å². The highest BCUT2D eigenvalue weighted by Gasteiger charge is 2.35. The topological polar surface area (TPSA) is 30.2 Å². The van der Waals surface area contributed by atoms with Crippen LogP contribution in [0, 0.1) is 6.92 Å². The van der Waals surface area contributed by atoms with E-state index in [1.165, 1.54) is 0 Å². The van der Waals surface area contributed by atoms with Gasteiger partial charge in [0.15, 0.2) is 11.3 Å². The number of aryl methyl sites for hydroxylation is 1. The van der Waals surface area contributed by atoms with Crippen molar-refractivity contribution in [1.29, 1.82) is 0 Å². The van der Waals surface area contributed by atoms with Crippen LogP contribution in [0.1, 0.15) is 11.3 Å². The maximum Gasteiger partial charge on any atom is 0.433 e. The Morgan fingerprint density at radius 3 is 2.12 bits per heavy atom. The number of fused-ring (bicyclic) bond motifs is 1. The average Bonchev–Trinajstić information content (AvgIpc) is 3.05. The van der Waals surface area contributed by atoms with E-state index in [0.717, 1.165) is 21.7 Å². The van der Waals surface area contributed by atoms with Gasteiger partial charge in [0.05, 0.1) is 11.4 Å². The number of nitrogens with zero attached hydrogens (tertiary/aromatic N) is 3. The van der Waals surface area contributed by atoms with E-state index < -0.39 is 11.9 Å². The molecule has 6 heteroatoms. The lowest BCUT2D eigenvalue weighted by Gasteiger charge is -2.11. The van der Waals surface area contributed by atoms with Crippen LogP contribution in [-0.4, -0.2) is 14.6 Å². The Morgan fingerprint density at radius 2 is 1.46 bits per heavy atom. The van der Waals surface area contributed by atoms with Gasteiger partial charge in [0.1, 0.15) is 0 Å². The fourth-order valence-corrected chi connectivity index (χ4v) is 2.80. The molecule has 0 spiro atoms. The highest BCUT2D eigenvalue weighted by atomic mass is 19.4. The second-order valence-electron chi connectivity index (χ2n) is 6.06. The first-order valence-corrected chi connectivity index (χ1v) is 8.02. The molecule has 4 rings (SSSR count). The normalized spacial score (nSPS) is 11.8. The second-order valence-corrected chi connectivity index (χ2v) is 6.06. The summed E-state index contributed by atoms with van der Waals surface area (Å²) in [5, 5.41) is 4.13. The van der Waals surface area contributed by atoms with Gasteiger partial charge in [-0.05, 0) is 13.0 Å². The van der Waals surface area contributed by atoms with E-state index in [1.54, 1.807) is 30.3 Å². The number of benzene rings is 2. The number of halogens is 3. The summed E-state index contributed by atoms with van der Waals surface area (Å²) in [6, 6.07) is 18.9. The SMILES string of the molecule is Cc1ccc(-c2cc(C(F)(F)F)n3nc(-c4ccccc4)cc3n2)cc1. The van der Waals surface area contributed by atoms with Gasteiger partial charge in [0.2, 0.25) is 0 Å². The minimum absolute atomic E-state index is 0.161. The predicted octanol–water partition coefficient (Wildman–Crippen LogP) is 5.39. The molecule has 4 aromatic rings. The Hall–Kier alpha value is -3.15. The Morgan fingerprint density at radius 1 is 0.808 bits per heavy atom. The summed E-state index contributed by atoms with van der Waals surface area (Å²) in [7, 11) is 0. The van der Waals surface area contributed by atoms with Crippen molar-refractivity contribution in [2.45, 2.75) is 13.1 Å². The molecule has 0 fully saturated rings. The van der Waals surface area contributed by atoms with Crippen LogP contribution >= 0.6 is 0 Å². The fourth-order valence-electron chi connectivity index (χ4n) is 2.80. The van der Waals surface area contributed by atoms with Crippen LogP contribution in [0.5, 0.6) is 0 Å². The monoisotopic (exact) mass is 353 g/mol. The van der Waals surface area contributed by atoms with Crippen LogP contribution in [0.15, 0.2) is 66.7 Å². The first kappa shape index (κ1) is 16.3. The van der Waals surface area contributed by atoms with E-state index in [0.29, 0.717) is 11.3 Å². The molecule has 0 aliphatic rings. The third-order valence-corrected chi connectivity index (χ3v) is 4.13. The lowest BCUT2D eigenvalue weighted by molar-refractivity contribution is -0.142. The van der Waals surface area contributed by atoms with E-state index in [4.69, 9.17) is 0 Å². The van der Waals surface area contributed by atoms with Crippen molar-refractivity contribution in [1.82, 2.24) is 14.6 Å². The summed E-state index contributed by atoms with van der Waals surface area (Å²) >= 11 is 0. The Bertz CT molecular complexity index is 1070. The fraction of sp³-hybridized carbons (Fsp3) is 0.100. The average molecular weight is 353 g/mol. The molecule has 2 aromatic carbocycles. The lowest BCUT2D eigenvalue weighted by Crippen LogP contribution is -2.13. The molecule has 0 bridgehead atoms. The molecule has 0 radical (unpaired) electrons. The summed E-state index contributed by atoms with van der Waals surface area (Å²) < 4.78 is 41.7. The molecule has 0 aliphatic carbocycles. The van der Waals surface area contributed by atoms with Gasteiger partial charge in [-0.1, -0.05) is 60.2 Å². The molecule has 26 heavy (non-hydrogen) atoms. The Kier molecular flexibility index (Phi) is 3.76.